The summed E-state index contributed by atoms with van der Waals surface area (Å²) < 4.78 is 5.31. The molecule has 1 atom stereocenters. The molecular formula is C13H22N2O2S. The summed E-state index contributed by atoms with van der Waals surface area (Å²) in [5.41, 5.74) is -0.765. The summed E-state index contributed by atoms with van der Waals surface area (Å²) in [6, 6.07) is 3.95. The Hall–Kier alpha value is -0.460. The summed E-state index contributed by atoms with van der Waals surface area (Å²) in [5.74, 6) is 0. The van der Waals surface area contributed by atoms with Crippen LogP contribution < -0.4 is 5.32 Å². The molecule has 1 saturated heterocycles. The number of aliphatic hydroxyl groups is 1. The predicted octanol–water partition coefficient (Wildman–Crippen LogP) is 0.877. The predicted molar refractivity (Wildman–Crippen MR) is 74.0 cm³/mol. The Kier molecular flexibility index (Phi) is 5.14. The van der Waals surface area contributed by atoms with Gasteiger partial charge in [-0.15, -0.1) is 11.3 Å². The first-order chi connectivity index (χ1) is 8.68. The highest BCUT2D eigenvalue weighted by molar-refractivity contribution is 7.10. The summed E-state index contributed by atoms with van der Waals surface area (Å²) in [5, 5.41) is 15.7. The normalized spacial score (nSPS) is 20.8. The molecule has 5 heteroatoms. The first kappa shape index (κ1) is 14.0. The molecule has 1 aliphatic rings. The van der Waals surface area contributed by atoms with Gasteiger partial charge in [0.25, 0.3) is 0 Å². The van der Waals surface area contributed by atoms with Crippen molar-refractivity contribution in [2.45, 2.75) is 12.5 Å². The van der Waals surface area contributed by atoms with Crippen LogP contribution in [-0.4, -0.2) is 55.9 Å². The molecule has 0 amide bonds. The minimum atomic E-state index is -0.765. The van der Waals surface area contributed by atoms with Crippen LogP contribution in [0.1, 0.15) is 11.8 Å². The summed E-state index contributed by atoms with van der Waals surface area (Å²) in [4.78, 5) is 3.40. The van der Waals surface area contributed by atoms with Gasteiger partial charge in [-0.05, 0) is 18.4 Å². The lowest BCUT2D eigenvalue weighted by Crippen LogP contribution is -2.42. The van der Waals surface area contributed by atoms with Crippen LogP contribution >= 0.6 is 11.3 Å². The van der Waals surface area contributed by atoms with Crippen LogP contribution in [0.3, 0.4) is 0 Å². The molecule has 2 N–H and O–H groups in total. The zero-order valence-electron chi connectivity index (χ0n) is 10.9. The lowest BCUT2D eigenvalue weighted by atomic mass is 10.1. The fourth-order valence-corrected chi connectivity index (χ4v) is 2.85. The van der Waals surface area contributed by atoms with Gasteiger partial charge in [-0.25, -0.2) is 0 Å². The number of thiophene rings is 1. The maximum Gasteiger partial charge on any atom is 0.108 e. The van der Waals surface area contributed by atoms with Crippen molar-refractivity contribution >= 4 is 11.3 Å². The number of morpholine rings is 1. The highest BCUT2D eigenvalue weighted by Gasteiger charge is 2.23. The third-order valence-electron chi connectivity index (χ3n) is 3.23. The van der Waals surface area contributed by atoms with Crippen LogP contribution in [0.25, 0.3) is 0 Å². The second-order valence-electron chi connectivity index (χ2n) is 4.88. The zero-order valence-corrected chi connectivity index (χ0v) is 11.7. The smallest absolute Gasteiger partial charge is 0.108 e. The number of rotatable bonds is 6. The molecule has 4 nitrogen and oxygen atoms in total. The first-order valence-corrected chi connectivity index (χ1v) is 7.34. The van der Waals surface area contributed by atoms with Gasteiger partial charge in [-0.3, -0.25) is 4.90 Å². The number of ether oxygens (including phenoxy) is 1. The van der Waals surface area contributed by atoms with Crippen molar-refractivity contribution < 1.29 is 9.84 Å². The summed E-state index contributed by atoms with van der Waals surface area (Å²) in [6.45, 7) is 8.09. The van der Waals surface area contributed by atoms with Crippen molar-refractivity contribution in [1.29, 1.82) is 0 Å². The van der Waals surface area contributed by atoms with E-state index in [1.165, 1.54) is 0 Å². The van der Waals surface area contributed by atoms with E-state index in [1.54, 1.807) is 11.3 Å². The van der Waals surface area contributed by atoms with E-state index in [0.29, 0.717) is 6.54 Å². The standard InChI is InChI=1S/C13H22N2O2S/c1-13(16,12-3-2-10-18-12)11-14-4-5-15-6-8-17-9-7-15/h2-3,10,14,16H,4-9,11H2,1H3. The Morgan fingerprint density at radius 1 is 1.50 bits per heavy atom. The Morgan fingerprint density at radius 3 is 2.94 bits per heavy atom. The number of nitrogens with zero attached hydrogens (tertiary/aromatic N) is 1. The highest BCUT2D eigenvalue weighted by atomic mass is 32.1. The lowest BCUT2D eigenvalue weighted by molar-refractivity contribution is 0.0350. The average molecular weight is 270 g/mol. The molecule has 18 heavy (non-hydrogen) atoms. The van der Waals surface area contributed by atoms with Gasteiger partial charge in [0.15, 0.2) is 0 Å². The Bertz CT molecular complexity index is 335. The monoisotopic (exact) mass is 270 g/mol. The van der Waals surface area contributed by atoms with Crippen LogP contribution in [0, 0.1) is 0 Å². The quantitative estimate of drug-likeness (QED) is 0.753. The second kappa shape index (κ2) is 6.63. The third-order valence-corrected chi connectivity index (χ3v) is 4.35. The van der Waals surface area contributed by atoms with E-state index in [0.717, 1.165) is 44.3 Å². The number of hydrogen-bond acceptors (Lipinski definition) is 5. The fourth-order valence-electron chi connectivity index (χ4n) is 2.07. The Labute approximate surface area is 113 Å². The molecule has 0 spiro atoms. The van der Waals surface area contributed by atoms with Gasteiger partial charge in [-0.1, -0.05) is 6.07 Å². The molecule has 1 fully saturated rings. The van der Waals surface area contributed by atoms with E-state index in [-0.39, 0.29) is 0 Å². The van der Waals surface area contributed by atoms with E-state index < -0.39 is 5.60 Å². The van der Waals surface area contributed by atoms with E-state index in [9.17, 15) is 5.11 Å². The van der Waals surface area contributed by atoms with Crippen molar-refractivity contribution in [2.24, 2.45) is 0 Å². The molecule has 1 aromatic rings. The van der Waals surface area contributed by atoms with E-state index in [1.807, 2.05) is 24.4 Å². The van der Waals surface area contributed by atoms with Gasteiger partial charge in [0.05, 0.1) is 13.2 Å². The molecule has 0 aliphatic carbocycles. The first-order valence-electron chi connectivity index (χ1n) is 6.46. The van der Waals surface area contributed by atoms with Gasteiger partial charge in [0.2, 0.25) is 0 Å². The zero-order chi connectivity index (χ0) is 12.8. The van der Waals surface area contributed by atoms with Crippen LogP contribution in [0.5, 0.6) is 0 Å². The molecule has 0 bridgehead atoms. The topological polar surface area (TPSA) is 44.7 Å². The fraction of sp³-hybridized carbons (Fsp3) is 0.692. The molecule has 0 saturated carbocycles. The SMILES string of the molecule is CC(O)(CNCCN1CCOCC1)c1cccs1. The molecule has 1 aliphatic heterocycles. The largest absolute Gasteiger partial charge is 0.383 e. The Morgan fingerprint density at radius 2 is 2.28 bits per heavy atom. The van der Waals surface area contributed by atoms with Crippen molar-refractivity contribution in [3.8, 4) is 0 Å². The lowest BCUT2D eigenvalue weighted by Gasteiger charge is -2.27. The van der Waals surface area contributed by atoms with Gasteiger partial charge in [0, 0.05) is 37.6 Å². The molecular weight excluding hydrogens is 248 g/mol. The number of nitrogens with one attached hydrogen (secondary N) is 1. The Balaban J connectivity index is 1.65. The van der Waals surface area contributed by atoms with E-state index in [2.05, 4.69) is 10.2 Å². The van der Waals surface area contributed by atoms with Crippen LogP contribution in [0.2, 0.25) is 0 Å². The highest BCUT2D eigenvalue weighted by Crippen LogP contribution is 2.24. The van der Waals surface area contributed by atoms with Crippen LogP contribution in [-0.2, 0) is 10.3 Å². The second-order valence-corrected chi connectivity index (χ2v) is 5.83. The van der Waals surface area contributed by atoms with Gasteiger partial charge in [-0.2, -0.15) is 0 Å². The molecule has 1 aromatic heterocycles. The third kappa shape index (κ3) is 4.03. The minimum absolute atomic E-state index is 0.595. The van der Waals surface area contributed by atoms with Gasteiger partial charge >= 0.3 is 0 Å². The molecule has 0 radical (unpaired) electrons. The molecule has 0 aromatic carbocycles. The van der Waals surface area contributed by atoms with Crippen molar-refractivity contribution in [3.05, 3.63) is 22.4 Å². The average Bonchev–Trinajstić information content (AvgIpc) is 2.91. The van der Waals surface area contributed by atoms with E-state index >= 15 is 0 Å². The number of hydrogen-bond donors (Lipinski definition) is 2. The van der Waals surface area contributed by atoms with Crippen LogP contribution in [0.4, 0.5) is 0 Å². The van der Waals surface area contributed by atoms with Crippen molar-refractivity contribution in [3.63, 3.8) is 0 Å². The maximum absolute atomic E-state index is 10.3. The van der Waals surface area contributed by atoms with Gasteiger partial charge < -0.3 is 15.2 Å². The summed E-state index contributed by atoms with van der Waals surface area (Å²) in [7, 11) is 0. The molecule has 102 valence electrons. The van der Waals surface area contributed by atoms with Crippen LogP contribution in [0.15, 0.2) is 17.5 Å². The maximum atomic E-state index is 10.3. The van der Waals surface area contributed by atoms with Gasteiger partial charge in [0.1, 0.15) is 5.60 Å². The van der Waals surface area contributed by atoms with Crippen molar-refractivity contribution in [1.82, 2.24) is 10.2 Å². The molecule has 1 unspecified atom stereocenters. The minimum Gasteiger partial charge on any atom is -0.383 e. The summed E-state index contributed by atoms with van der Waals surface area (Å²) >= 11 is 1.60. The molecule has 2 heterocycles. The molecule has 2 rings (SSSR count). The van der Waals surface area contributed by atoms with E-state index in [4.69, 9.17) is 4.74 Å². The van der Waals surface area contributed by atoms with Crippen molar-refractivity contribution in [2.75, 3.05) is 45.9 Å². The summed E-state index contributed by atoms with van der Waals surface area (Å²) in [6.07, 6.45) is 0.